The number of carbonyl (C=O) groups is 4. The van der Waals surface area contributed by atoms with Gasteiger partial charge in [0.2, 0.25) is 0 Å². The van der Waals surface area contributed by atoms with E-state index in [2.05, 4.69) is 41.5 Å². The van der Waals surface area contributed by atoms with E-state index in [-0.39, 0.29) is 25.7 Å². The zero-order valence-electron chi connectivity index (χ0n) is 70.5. The molecule has 0 saturated carbocycles. The number of hydrogen-bond donors (Lipinski definition) is 3. The van der Waals surface area contributed by atoms with Crippen molar-refractivity contribution in [3.8, 4) is 0 Å². The van der Waals surface area contributed by atoms with Gasteiger partial charge in [-0.05, 0) is 37.5 Å². The van der Waals surface area contributed by atoms with Gasteiger partial charge in [-0.15, -0.1) is 0 Å². The Morgan fingerprint density at radius 2 is 0.430 bits per heavy atom. The van der Waals surface area contributed by atoms with Crippen molar-refractivity contribution < 1.29 is 80.2 Å². The highest BCUT2D eigenvalue weighted by Crippen LogP contribution is 2.45. The third-order valence-corrected chi connectivity index (χ3v) is 22.6. The van der Waals surface area contributed by atoms with Gasteiger partial charge in [0.15, 0.2) is 12.2 Å². The lowest BCUT2D eigenvalue weighted by atomic mass is 10.0. The number of rotatable bonds is 87. The van der Waals surface area contributed by atoms with E-state index in [0.29, 0.717) is 25.7 Å². The number of phosphoric acid groups is 2. The van der Waals surface area contributed by atoms with Crippen molar-refractivity contribution in [2.24, 2.45) is 11.8 Å². The molecule has 0 heterocycles. The Bertz CT molecular complexity index is 2050. The minimum Gasteiger partial charge on any atom is -0.462 e. The maximum absolute atomic E-state index is 13.2. The summed E-state index contributed by atoms with van der Waals surface area (Å²) in [5.74, 6) is -0.505. The van der Waals surface area contributed by atoms with Crippen molar-refractivity contribution in [3.63, 3.8) is 0 Å². The molecule has 636 valence electrons. The molecular formula is C88H172O17P2. The average Bonchev–Trinajstić information content (AvgIpc) is 0.910. The lowest BCUT2D eigenvalue weighted by Gasteiger charge is -2.21. The Morgan fingerprint density at radius 1 is 0.252 bits per heavy atom. The van der Waals surface area contributed by atoms with Gasteiger partial charge in [0, 0.05) is 25.7 Å². The monoisotopic (exact) mass is 1560 g/mol. The molecule has 0 aromatic rings. The van der Waals surface area contributed by atoms with Crippen LogP contribution >= 0.6 is 15.6 Å². The summed E-state index contributed by atoms with van der Waals surface area (Å²) in [7, 11) is -9.93. The Hall–Kier alpha value is -1.94. The van der Waals surface area contributed by atoms with Crippen LogP contribution in [0.1, 0.15) is 472 Å². The summed E-state index contributed by atoms with van der Waals surface area (Å²) in [4.78, 5) is 73.3. The minimum atomic E-state index is -4.97. The van der Waals surface area contributed by atoms with Crippen LogP contribution in [0.2, 0.25) is 0 Å². The number of phosphoric ester groups is 2. The maximum atomic E-state index is 13.2. The third-order valence-electron chi connectivity index (χ3n) is 20.7. The van der Waals surface area contributed by atoms with E-state index in [9.17, 15) is 43.2 Å². The lowest BCUT2D eigenvalue weighted by Crippen LogP contribution is -2.30. The Balaban J connectivity index is 5.23. The Kier molecular flexibility index (Phi) is 77.9. The molecule has 2 unspecified atom stereocenters. The predicted octanol–water partition coefficient (Wildman–Crippen LogP) is 27.0. The molecule has 0 fully saturated rings. The van der Waals surface area contributed by atoms with Crippen molar-refractivity contribution in [1.29, 1.82) is 0 Å². The van der Waals surface area contributed by atoms with Crippen LogP contribution in [0.4, 0.5) is 0 Å². The SMILES string of the molecule is CCCCCCCCCCCCCCCCCCCCCCCCC(=O)O[C@H](COC(=O)CCCCCCCCCCCCCCCCC(C)C)COP(=O)(O)OC[C@@H](O)COP(=O)(O)OC[C@@H](COC(=O)CCCCCCCCCCCCC)OC(=O)CCCCCCCCCCCCCCCCC(C)C. The van der Waals surface area contributed by atoms with Gasteiger partial charge in [-0.2, -0.15) is 0 Å². The number of aliphatic hydroxyl groups is 1. The second-order valence-corrected chi connectivity index (χ2v) is 35.5. The Labute approximate surface area is 658 Å². The highest BCUT2D eigenvalue weighted by Gasteiger charge is 2.30. The molecule has 107 heavy (non-hydrogen) atoms. The maximum Gasteiger partial charge on any atom is 0.472 e. The molecule has 0 amide bonds. The van der Waals surface area contributed by atoms with E-state index in [0.717, 1.165) is 102 Å². The summed E-state index contributed by atoms with van der Waals surface area (Å²) in [5, 5.41) is 10.7. The minimum absolute atomic E-state index is 0.108. The lowest BCUT2D eigenvalue weighted by molar-refractivity contribution is -0.161. The third kappa shape index (κ3) is 81.9. The van der Waals surface area contributed by atoms with Gasteiger partial charge < -0.3 is 33.8 Å². The van der Waals surface area contributed by atoms with Crippen LogP contribution in [0.15, 0.2) is 0 Å². The van der Waals surface area contributed by atoms with Crippen molar-refractivity contribution in [2.75, 3.05) is 39.6 Å². The second kappa shape index (κ2) is 79.3. The number of unbranched alkanes of at least 4 members (excludes halogenated alkanes) is 57. The van der Waals surface area contributed by atoms with Crippen LogP contribution < -0.4 is 0 Å². The molecule has 17 nitrogen and oxygen atoms in total. The number of hydrogen-bond acceptors (Lipinski definition) is 15. The summed E-state index contributed by atoms with van der Waals surface area (Å²) in [6.07, 6.45) is 72.2. The molecule has 0 saturated heterocycles. The Morgan fingerprint density at radius 3 is 0.636 bits per heavy atom. The number of ether oxygens (including phenoxy) is 4. The van der Waals surface area contributed by atoms with Gasteiger partial charge in [-0.3, -0.25) is 37.3 Å². The van der Waals surface area contributed by atoms with E-state index in [1.807, 2.05) is 0 Å². The summed E-state index contributed by atoms with van der Waals surface area (Å²) in [5.41, 5.74) is 0. The normalized spacial score (nSPS) is 13.8. The smallest absolute Gasteiger partial charge is 0.462 e. The van der Waals surface area contributed by atoms with Crippen LogP contribution in [-0.2, 0) is 65.4 Å². The standard InChI is InChI=1S/C88H172O17P2/c1-7-9-11-13-15-17-19-20-21-22-23-24-25-26-27-28-36-42-48-54-60-66-72-87(92)105-84(77-99-86(91)71-65-59-53-47-41-35-31-29-33-39-44-50-56-62-68-80(3)4)79-103-107(96,97)101-75-82(89)74-100-106(94,95)102-78-83(76-98-85(90)70-64-58-52-46-38-18-16-14-12-10-8-2)104-88(93)73-67-61-55-49-43-37-32-30-34-40-45-51-57-63-69-81(5)6/h80-84,89H,7-79H2,1-6H3,(H,94,95)(H,96,97)/t82-,83+,84+/m0/s1. The fourth-order valence-corrected chi connectivity index (χ4v) is 15.4. The summed E-state index contributed by atoms with van der Waals surface area (Å²) in [6, 6.07) is 0. The molecule has 0 aliphatic rings. The van der Waals surface area contributed by atoms with Crippen LogP contribution in [0.25, 0.3) is 0 Å². The van der Waals surface area contributed by atoms with E-state index < -0.39 is 97.5 Å². The van der Waals surface area contributed by atoms with Crippen LogP contribution in [0.3, 0.4) is 0 Å². The molecule has 0 aromatic carbocycles. The average molecular weight is 1560 g/mol. The van der Waals surface area contributed by atoms with Crippen LogP contribution in [-0.4, -0.2) is 96.7 Å². The van der Waals surface area contributed by atoms with Gasteiger partial charge >= 0.3 is 39.5 Å². The van der Waals surface area contributed by atoms with Gasteiger partial charge in [0.1, 0.15) is 19.3 Å². The van der Waals surface area contributed by atoms with E-state index in [4.69, 9.17) is 37.0 Å². The topological polar surface area (TPSA) is 237 Å². The number of carbonyl (C=O) groups excluding carboxylic acids is 4. The fourth-order valence-electron chi connectivity index (χ4n) is 13.8. The molecule has 19 heteroatoms. The summed E-state index contributed by atoms with van der Waals surface area (Å²) < 4.78 is 69.0. The zero-order chi connectivity index (χ0) is 78.5. The first-order chi connectivity index (χ1) is 51.9. The highest BCUT2D eigenvalue weighted by atomic mass is 31.2. The van der Waals surface area contributed by atoms with E-state index >= 15 is 0 Å². The first-order valence-electron chi connectivity index (χ1n) is 45.5. The largest absolute Gasteiger partial charge is 0.472 e. The van der Waals surface area contributed by atoms with Gasteiger partial charge in [-0.1, -0.05) is 420 Å². The van der Waals surface area contributed by atoms with Gasteiger partial charge in [0.05, 0.1) is 26.4 Å². The molecule has 3 N–H and O–H groups in total. The van der Waals surface area contributed by atoms with Crippen LogP contribution in [0, 0.1) is 11.8 Å². The molecule has 0 aliphatic heterocycles. The molecule has 0 aliphatic carbocycles. The van der Waals surface area contributed by atoms with Crippen molar-refractivity contribution in [2.45, 2.75) is 490 Å². The molecule has 5 atom stereocenters. The summed E-state index contributed by atoms with van der Waals surface area (Å²) in [6.45, 7) is 9.72. The molecular weight excluding hydrogens is 1390 g/mol. The summed E-state index contributed by atoms with van der Waals surface area (Å²) >= 11 is 0. The van der Waals surface area contributed by atoms with E-state index in [1.54, 1.807) is 0 Å². The molecule has 0 aromatic heterocycles. The molecule has 0 rings (SSSR count). The van der Waals surface area contributed by atoms with Crippen molar-refractivity contribution in [1.82, 2.24) is 0 Å². The molecule has 0 bridgehead atoms. The highest BCUT2D eigenvalue weighted by molar-refractivity contribution is 7.47. The van der Waals surface area contributed by atoms with Crippen molar-refractivity contribution >= 4 is 39.5 Å². The number of esters is 4. The molecule has 0 radical (unpaired) electrons. The van der Waals surface area contributed by atoms with E-state index in [1.165, 1.54) is 289 Å². The zero-order valence-corrected chi connectivity index (χ0v) is 72.2. The first kappa shape index (κ1) is 105. The van der Waals surface area contributed by atoms with Crippen molar-refractivity contribution in [3.05, 3.63) is 0 Å². The molecule has 0 spiro atoms. The second-order valence-electron chi connectivity index (χ2n) is 32.6. The first-order valence-corrected chi connectivity index (χ1v) is 48.5. The van der Waals surface area contributed by atoms with Crippen LogP contribution in [0.5, 0.6) is 0 Å². The fraction of sp³-hybridized carbons (Fsp3) is 0.955. The predicted molar refractivity (Wildman–Crippen MR) is 442 cm³/mol. The number of aliphatic hydroxyl groups excluding tert-OH is 1. The van der Waals surface area contributed by atoms with Gasteiger partial charge in [-0.25, -0.2) is 9.13 Å². The quantitative estimate of drug-likeness (QED) is 0.0222. The van der Waals surface area contributed by atoms with Gasteiger partial charge in [0.25, 0.3) is 0 Å².